The Morgan fingerprint density at radius 3 is 2.89 bits per heavy atom. The maximum atomic E-state index is 4.56. The number of hydrogen-bond donors (Lipinski definition) is 1. The van der Waals surface area contributed by atoms with Gasteiger partial charge in [-0.2, -0.15) is 0 Å². The van der Waals surface area contributed by atoms with Crippen molar-refractivity contribution in [2.24, 2.45) is 0 Å². The summed E-state index contributed by atoms with van der Waals surface area (Å²) in [4.78, 5) is 5.98. The number of rotatable bonds is 4. The van der Waals surface area contributed by atoms with Crippen LogP contribution in [0.2, 0.25) is 0 Å². The molecule has 19 heavy (non-hydrogen) atoms. The number of fused-ring (bicyclic) bond motifs is 1. The summed E-state index contributed by atoms with van der Waals surface area (Å²) in [6.45, 7) is 2.99. The average Bonchev–Trinajstić information content (AvgIpc) is 2.91. The fourth-order valence-electron chi connectivity index (χ4n) is 2.23. The van der Waals surface area contributed by atoms with E-state index >= 15 is 0 Å². The Bertz CT molecular complexity index is 674. The first-order chi connectivity index (χ1) is 9.33. The molecule has 0 amide bonds. The second-order valence-corrected chi connectivity index (χ2v) is 5.62. The molecule has 2 nitrogen and oxygen atoms in total. The van der Waals surface area contributed by atoms with Crippen LogP contribution in [0.5, 0.6) is 0 Å². The molecule has 3 rings (SSSR count). The minimum Gasteiger partial charge on any atom is -0.384 e. The number of aromatic nitrogens is 1. The van der Waals surface area contributed by atoms with Crippen LogP contribution >= 0.6 is 11.3 Å². The van der Waals surface area contributed by atoms with Crippen molar-refractivity contribution in [3.05, 3.63) is 58.4 Å². The van der Waals surface area contributed by atoms with E-state index in [1.807, 2.05) is 24.3 Å². The van der Waals surface area contributed by atoms with Gasteiger partial charge in [-0.3, -0.25) is 4.98 Å². The Morgan fingerprint density at radius 1 is 1.16 bits per heavy atom. The lowest BCUT2D eigenvalue weighted by Crippen LogP contribution is -2.05. The van der Waals surface area contributed by atoms with E-state index in [1.165, 1.54) is 16.0 Å². The average molecular weight is 268 g/mol. The van der Waals surface area contributed by atoms with Crippen LogP contribution in [0, 0.1) is 6.92 Å². The predicted molar refractivity (Wildman–Crippen MR) is 83.0 cm³/mol. The number of thiophene rings is 1. The van der Waals surface area contributed by atoms with Gasteiger partial charge in [0, 0.05) is 28.2 Å². The quantitative estimate of drug-likeness (QED) is 0.764. The van der Waals surface area contributed by atoms with Gasteiger partial charge in [-0.1, -0.05) is 24.3 Å². The Balaban J connectivity index is 1.80. The van der Waals surface area contributed by atoms with Gasteiger partial charge in [0.05, 0.1) is 5.52 Å². The SMILES string of the molecule is Cc1cc(NCCc2cccs2)c2ccccc2n1. The van der Waals surface area contributed by atoms with Crippen LogP contribution in [0.25, 0.3) is 10.9 Å². The van der Waals surface area contributed by atoms with Crippen LogP contribution < -0.4 is 5.32 Å². The van der Waals surface area contributed by atoms with Gasteiger partial charge >= 0.3 is 0 Å². The van der Waals surface area contributed by atoms with E-state index in [0.717, 1.165) is 24.2 Å². The van der Waals surface area contributed by atoms with Gasteiger partial charge in [0.2, 0.25) is 0 Å². The molecule has 2 aromatic heterocycles. The van der Waals surface area contributed by atoms with E-state index < -0.39 is 0 Å². The molecule has 2 heterocycles. The minimum atomic E-state index is 0.952. The second kappa shape index (κ2) is 5.41. The van der Waals surface area contributed by atoms with Crippen molar-refractivity contribution < 1.29 is 0 Å². The summed E-state index contributed by atoms with van der Waals surface area (Å²) >= 11 is 1.81. The number of nitrogens with zero attached hydrogens (tertiary/aromatic N) is 1. The van der Waals surface area contributed by atoms with E-state index in [2.05, 4.69) is 52.1 Å². The Hall–Kier alpha value is -1.87. The third-order valence-corrected chi connectivity index (χ3v) is 4.05. The second-order valence-electron chi connectivity index (χ2n) is 4.58. The molecular weight excluding hydrogens is 252 g/mol. The molecule has 1 aromatic carbocycles. The molecular formula is C16H16N2S. The molecule has 0 fully saturated rings. The number of anilines is 1. The number of pyridine rings is 1. The van der Waals surface area contributed by atoms with Crippen LogP contribution in [0.3, 0.4) is 0 Å². The highest BCUT2D eigenvalue weighted by Crippen LogP contribution is 2.23. The summed E-state index contributed by atoms with van der Waals surface area (Å²) in [5.74, 6) is 0. The number of hydrogen-bond acceptors (Lipinski definition) is 3. The Labute approximate surface area is 117 Å². The first kappa shape index (κ1) is 12.2. The van der Waals surface area contributed by atoms with Crippen molar-refractivity contribution >= 4 is 27.9 Å². The Morgan fingerprint density at radius 2 is 2.05 bits per heavy atom. The van der Waals surface area contributed by atoms with E-state index in [4.69, 9.17) is 0 Å². The summed E-state index contributed by atoms with van der Waals surface area (Å²) < 4.78 is 0. The molecule has 0 radical (unpaired) electrons. The number of para-hydroxylation sites is 1. The van der Waals surface area contributed by atoms with Crippen molar-refractivity contribution in [2.45, 2.75) is 13.3 Å². The van der Waals surface area contributed by atoms with Crippen molar-refractivity contribution in [3.63, 3.8) is 0 Å². The molecule has 0 saturated heterocycles. The lowest BCUT2D eigenvalue weighted by Gasteiger charge is -2.10. The highest BCUT2D eigenvalue weighted by Gasteiger charge is 2.03. The van der Waals surface area contributed by atoms with Gasteiger partial charge in [-0.15, -0.1) is 11.3 Å². The smallest absolute Gasteiger partial charge is 0.0725 e. The van der Waals surface area contributed by atoms with E-state index in [0.29, 0.717) is 0 Å². The molecule has 0 aliphatic carbocycles. The topological polar surface area (TPSA) is 24.9 Å². The summed E-state index contributed by atoms with van der Waals surface area (Å²) in [5, 5.41) is 6.85. The van der Waals surface area contributed by atoms with E-state index in [9.17, 15) is 0 Å². The fourth-order valence-corrected chi connectivity index (χ4v) is 2.94. The maximum Gasteiger partial charge on any atom is 0.0725 e. The molecule has 1 N–H and O–H groups in total. The number of benzene rings is 1. The highest BCUT2D eigenvalue weighted by molar-refractivity contribution is 7.09. The van der Waals surface area contributed by atoms with Gasteiger partial charge in [-0.05, 0) is 36.9 Å². The minimum absolute atomic E-state index is 0.952. The van der Waals surface area contributed by atoms with Gasteiger partial charge < -0.3 is 5.32 Å². The molecule has 0 bridgehead atoms. The van der Waals surface area contributed by atoms with Crippen molar-refractivity contribution in [1.29, 1.82) is 0 Å². The molecule has 0 aliphatic heterocycles. The van der Waals surface area contributed by atoms with Gasteiger partial charge in [0.15, 0.2) is 0 Å². The number of aryl methyl sites for hydroxylation is 1. The molecule has 3 heteroatoms. The van der Waals surface area contributed by atoms with Crippen LogP contribution in [0.15, 0.2) is 47.8 Å². The molecule has 96 valence electrons. The molecule has 0 saturated carbocycles. The van der Waals surface area contributed by atoms with Gasteiger partial charge in [0.1, 0.15) is 0 Å². The summed E-state index contributed by atoms with van der Waals surface area (Å²) in [5.41, 5.74) is 3.29. The standard InChI is InChI=1S/C16H16N2S/c1-12-11-16(14-6-2-3-7-15(14)18-12)17-9-8-13-5-4-10-19-13/h2-7,10-11H,8-9H2,1H3,(H,17,18). The summed E-state index contributed by atoms with van der Waals surface area (Å²) in [6.07, 6.45) is 1.06. The van der Waals surface area contributed by atoms with Crippen molar-refractivity contribution in [3.8, 4) is 0 Å². The third-order valence-electron chi connectivity index (χ3n) is 3.11. The zero-order chi connectivity index (χ0) is 13.1. The molecule has 0 spiro atoms. The van der Waals surface area contributed by atoms with E-state index in [-0.39, 0.29) is 0 Å². The summed E-state index contributed by atoms with van der Waals surface area (Å²) in [7, 11) is 0. The zero-order valence-electron chi connectivity index (χ0n) is 10.9. The predicted octanol–water partition coefficient (Wildman–Crippen LogP) is 4.26. The van der Waals surface area contributed by atoms with E-state index in [1.54, 1.807) is 0 Å². The lowest BCUT2D eigenvalue weighted by atomic mass is 10.1. The lowest BCUT2D eigenvalue weighted by molar-refractivity contribution is 1.04. The van der Waals surface area contributed by atoms with Crippen molar-refractivity contribution in [2.75, 3.05) is 11.9 Å². The van der Waals surface area contributed by atoms with Crippen LogP contribution in [0.4, 0.5) is 5.69 Å². The fraction of sp³-hybridized carbons (Fsp3) is 0.188. The van der Waals surface area contributed by atoms with Gasteiger partial charge in [0.25, 0.3) is 0 Å². The molecule has 0 atom stereocenters. The van der Waals surface area contributed by atoms with Crippen molar-refractivity contribution in [1.82, 2.24) is 4.98 Å². The molecule has 0 aliphatic rings. The maximum absolute atomic E-state index is 4.56. The Kier molecular flexibility index (Phi) is 3.47. The number of nitrogens with one attached hydrogen (secondary N) is 1. The zero-order valence-corrected chi connectivity index (χ0v) is 11.7. The van der Waals surface area contributed by atoms with Crippen LogP contribution in [0.1, 0.15) is 10.6 Å². The first-order valence-electron chi connectivity index (χ1n) is 6.45. The third kappa shape index (κ3) is 2.76. The van der Waals surface area contributed by atoms with Gasteiger partial charge in [-0.25, -0.2) is 0 Å². The molecule has 3 aromatic rings. The van der Waals surface area contributed by atoms with Crippen LogP contribution in [-0.2, 0) is 6.42 Å². The van der Waals surface area contributed by atoms with Crippen LogP contribution in [-0.4, -0.2) is 11.5 Å². The molecule has 0 unspecified atom stereocenters. The first-order valence-corrected chi connectivity index (χ1v) is 7.33. The largest absolute Gasteiger partial charge is 0.384 e. The monoisotopic (exact) mass is 268 g/mol. The highest BCUT2D eigenvalue weighted by atomic mass is 32.1. The normalized spacial score (nSPS) is 10.8. The summed E-state index contributed by atoms with van der Waals surface area (Å²) in [6, 6.07) is 14.7.